The number of hydrogen-bond acceptors (Lipinski definition) is 4. The van der Waals surface area contributed by atoms with Gasteiger partial charge in [-0.05, 0) is 54.1 Å². The molecule has 3 aromatic rings. The Morgan fingerprint density at radius 1 is 0.720 bits per heavy atom. The maximum atomic E-state index is 5.86. The van der Waals surface area contributed by atoms with Crippen LogP contribution in [0.4, 0.5) is 11.4 Å². The fourth-order valence-corrected chi connectivity index (χ4v) is 2.15. The molecule has 3 aromatic carbocycles. The molecule has 0 aliphatic heterocycles. The highest BCUT2D eigenvalue weighted by Crippen LogP contribution is 2.28. The second-order valence-electron chi connectivity index (χ2n) is 5.15. The number of hydrogen-bond donors (Lipinski definition) is 2. The maximum absolute atomic E-state index is 5.86. The molecule has 0 aliphatic carbocycles. The van der Waals surface area contributed by atoms with Crippen LogP contribution in [0.1, 0.15) is 5.56 Å². The summed E-state index contributed by atoms with van der Waals surface area (Å²) in [7, 11) is 0. The molecule has 0 spiro atoms. The van der Waals surface area contributed by atoms with E-state index in [1.54, 1.807) is 6.07 Å². The summed E-state index contributed by atoms with van der Waals surface area (Å²) >= 11 is 0. The topological polar surface area (TPSA) is 70.5 Å². The van der Waals surface area contributed by atoms with E-state index in [0.717, 1.165) is 17.0 Å². The third kappa shape index (κ3) is 5.78. The number of ether oxygens (including phenoxy) is 2. The molecule has 4 nitrogen and oxygen atoms in total. The first kappa shape index (κ1) is 20.5. The van der Waals surface area contributed by atoms with Gasteiger partial charge in [-0.25, -0.2) is 0 Å². The van der Waals surface area contributed by atoms with Gasteiger partial charge in [0.25, 0.3) is 0 Å². The Labute approximate surface area is 159 Å². The Hall–Kier alpha value is -2.56. The quantitative estimate of drug-likeness (QED) is 0.608. The minimum Gasteiger partial charge on any atom is -0.489 e. The van der Waals surface area contributed by atoms with E-state index in [1.165, 1.54) is 0 Å². The zero-order chi connectivity index (χ0) is 16.1. The maximum Gasteiger partial charge on any atom is 0.150 e. The first-order valence-corrected chi connectivity index (χ1v) is 7.30. The van der Waals surface area contributed by atoms with Crippen molar-refractivity contribution in [1.82, 2.24) is 0 Å². The number of para-hydroxylation sites is 2. The van der Waals surface area contributed by atoms with E-state index in [-0.39, 0.29) is 24.8 Å². The van der Waals surface area contributed by atoms with Crippen molar-refractivity contribution in [3.8, 4) is 17.2 Å². The Balaban J connectivity index is 0.00000156. The van der Waals surface area contributed by atoms with Crippen LogP contribution in [-0.2, 0) is 6.61 Å². The van der Waals surface area contributed by atoms with Gasteiger partial charge in [0.15, 0.2) is 0 Å². The predicted octanol–water partition coefficient (Wildman–Crippen LogP) is 5.07. The van der Waals surface area contributed by atoms with Crippen molar-refractivity contribution in [2.45, 2.75) is 6.61 Å². The van der Waals surface area contributed by atoms with E-state index >= 15 is 0 Å². The van der Waals surface area contributed by atoms with Crippen molar-refractivity contribution in [2.24, 2.45) is 0 Å². The average molecular weight is 379 g/mol. The fraction of sp³-hybridized carbons (Fsp3) is 0.0526. The first-order chi connectivity index (χ1) is 11.2. The zero-order valence-electron chi connectivity index (χ0n) is 13.4. The molecule has 0 amide bonds. The Kier molecular flexibility index (Phi) is 7.92. The van der Waals surface area contributed by atoms with Crippen LogP contribution < -0.4 is 20.9 Å². The number of benzene rings is 3. The molecule has 0 radical (unpaired) electrons. The van der Waals surface area contributed by atoms with Gasteiger partial charge >= 0.3 is 0 Å². The van der Waals surface area contributed by atoms with E-state index in [4.69, 9.17) is 20.9 Å². The second kappa shape index (κ2) is 9.67. The molecule has 4 N–H and O–H groups in total. The molecule has 0 bridgehead atoms. The molecule has 3 rings (SSSR count). The Bertz CT molecular complexity index is 795. The molecule has 0 aromatic heterocycles. The van der Waals surface area contributed by atoms with Crippen LogP contribution in [-0.4, -0.2) is 0 Å². The minimum absolute atomic E-state index is 0. The van der Waals surface area contributed by atoms with Gasteiger partial charge in [0, 0.05) is 5.69 Å². The third-order valence-corrected chi connectivity index (χ3v) is 3.33. The van der Waals surface area contributed by atoms with Crippen LogP contribution in [0.3, 0.4) is 0 Å². The normalized spacial score (nSPS) is 9.44. The largest absolute Gasteiger partial charge is 0.489 e. The van der Waals surface area contributed by atoms with E-state index in [0.29, 0.717) is 23.8 Å². The van der Waals surface area contributed by atoms with E-state index in [2.05, 4.69) is 0 Å². The van der Waals surface area contributed by atoms with Gasteiger partial charge < -0.3 is 20.9 Å². The summed E-state index contributed by atoms with van der Waals surface area (Å²) in [6.07, 6.45) is 0. The molecule has 6 heteroatoms. The number of halogens is 2. The first-order valence-electron chi connectivity index (χ1n) is 7.30. The van der Waals surface area contributed by atoms with Crippen molar-refractivity contribution in [1.29, 1.82) is 0 Å². The Morgan fingerprint density at radius 2 is 1.40 bits per heavy atom. The lowest BCUT2D eigenvalue weighted by Gasteiger charge is -2.10. The molecule has 0 aliphatic rings. The van der Waals surface area contributed by atoms with Gasteiger partial charge in [-0.2, -0.15) is 0 Å². The van der Waals surface area contributed by atoms with Crippen LogP contribution in [0, 0.1) is 0 Å². The summed E-state index contributed by atoms with van der Waals surface area (Å²) in [5.41, 5.74) is 14.0. The molecule has 0 heterocycles. The smallest absolute Gasteiger partial charge is 0.150 e. The number of nitrogen functional groups attached to an aromatic ring is 2. The van der Waals surface area contributed by atoms with Gasteiger partial charge in [0.2, 0.25) is 0 Å². The molecule has 0 atom stereocenters. The molecule has 0 fully saturated rings. The van der Waals surface area contributed by atoms with E-state index < -0.39 is 0 Å². The highest BCUT2D eigenvalue weighted by atomic mass is 35.5. The summed E-state index contributed by atoms with van der Waals surface area (Å²) in [5.74, 6) is 2.11. The van der Waals surface area contributed by atoms with Gasteiger partial charge in [0.05, 0.1) is 5.69 Å². The average Bonchev–Trinajstić information content (AvgIpc) is 2.56. The van der Waals surface area contributed by atoms with Gasteiger partial charge in [-0.3, -0.25) is 0 Å². The van der Waals surface area contributed by atoms with Gasteiger partial charge in [-0.15, -0.1) is 24.8 Å². The van der Waals surface area contributed by atoms with Crippen LogP contribution in [0.5, 0.6) is 17.2 Å². The van der Waals surface area contributed by atoms with Crippen LogP contribution >= 0.6 is 24.8 Å². The number of nitrogens with two attached hydrogens (primary N) is 2. The molecule has 0 saturated carbocycles. The lowest BCUT2D eigenvalue weighted by atomic mass is 10.2. The lowest BCUT2D eigenvalue weighted by molar-refractivity contribution is 0.306. The van der Waals surface area contributed by atoms with Gasteiger partial charge in [0.1, 0.15) is 23.9 Å². The van der Waals surface area contributed by atoms with Crippen molar-refractivity contribution in [2.75, 3.05) is 11.5 Å². The van der Waals surface area contributed by atoms with Crippen molar-refractivity contribution in [3.05, 3.63) is 78.4 Å². The van der Waals surface area contributed by atoms with Crippen LogP contribution in [0.25, 0.3) is 0 Å². The van der Waals surface area contributed by atoms with Gasteiger partial charge in [-0.1, -0.05) is 24.3 Å². The van der Waals surface area contributed by atoms with E-state index in [9.17, 15) is 0 Å². The SMILES string of the molecule is Cl.Cl.Nc1cccc(COc2ccc(Oc3ccccc3N)cc2)c1. The standard InChI is InChI=1S/C19H18N2O2.2ClH/c20-15-5-3-4-14(12-15)13-22-16-8-10-17(11-9-16)23-19-7-2-1-6-18(19)21;;/h1-12H,13,20-21H2;2*1H. The van der Waals surface area contributed by atoms with Crippen molar-refractivity contribution < 1.29 is 9.47 Å². The number of rotatable bonds is 5. The lowest BCUT2D eigenvalue weighted by Crippen LogP contribution is -1.96. The zero-order valence-corrected chi connectivity index (χ0v) is 15.1. The third-order valence-electron chi connectivity index (χ3n) is 3.33. The summed E-state index contributed by atoms with van der Waals surface area (Å²) in [4.78, 5) is 0. The summed E-state index contributed by atoms with van der Waals surface area (Å²) in [6.45, 7) is 0.469. The molecule has 132 valence electrons. The minimum atomic E-state index is 0. The van der Waals surface area contributed by atoms with Crippen molar-refractivity contribution >= 4 is 36.2 Å². The highest BCUT2D eigenvalue weighted by Gasteiger charge is 2.02. The second-order valence-corrected chi connectivity index (χ2v) is 5.15. The monoisotopic (exact) mass is 378 g/mol. The highest BCUT2D eigenvalue weighted by molar-refractivity contribution is 5.85. The fourth-order valence-electron chi connectivity index (χ4n) is 2.15. The van der Waals surface area contributed by atoms with Crippen LogP contribution in [0.15, 0.2) is 72.8 Å². The molecule has 0 unspecified atom stereocenters. The predicted molar refractivity (Wildman–Crippen MR) is 107 cm³/mol. The Morgan fingerprint density at radius 3 is 2.08 bits per heavy atom. The summed E-state index contributed by atoms with van der Waals surface area (Å²) in [6, 6.07) is 22.5. The van der Waals surface area contributed by atoms with E-state index in [1.807, 2.05) is 66.7 Å². The summed E-state index contributed by atoms with van der Waals surface area (Å²) < 4.78 is 11.5. The molecule has 0 saturated heterocycles. The summed E-state index contributed by atoms with van der Waals surface area (Å²) in [5, 5.41) is 0. The van der Waals surface area contributed by atoms with Crippen molar-refractivity contribution in [3.63, 3.8) is 0 Å². The molecular formula is C19H20Cl2N2O2. The van der Waals surface area contributed by atoms with Crippen LogP contribution in [0.2, 0.25) is 0 Å². The molecule has 25 heavy (non-hydrogen) atoms. The molecular weight excluding hydrogens is 359 g/mol. The number of anilines is 2.